The zero-order chi connectivity index (χ0) is 10.2. The SMILES string of the molecule is COC1[C@@H](O)C(O)C(O)[C@@H](O)[C@H]1O. The van der Waals surface area contributed by atoms with Crippen molar-refractivity contribution in [1.82, 2.24) is 0 Å². The monoisotopic (exact) mass is 194 g/mol. The summed E-state index contributed by atoms with van der Waals surface area (Å²) in [5.41, 5.74) is 0. The van der Waals surface area contributed by atoms with Crippen molar-refractivity contribution in [3.8, 4) is 0 Å². The Labute approximate surface area is 75.0 Å². The fourth-order valence-corrected chi connectivity index (χ4v) is 1.48. The maximum absolute atomic E-state index is 9.29. The van der Waals surface area contributed by atoms with Crippen LogP contribution >= 0.6 is 0 Å². The molecule has 13 heavy (non-hydrogen) atoms. The van der Waals surface area contributed by atoms with E-state index >= 15 is 0 Å². The van der Waals surface area contributed by atoms with E-state index in [1.165, 1.54) is 7.11 Å². The molecule has 0 aliphatic heterocycles. The maximum atomic E-state index is 9.29. The standard InChI is InChI=1S/C7H14O6/c1-13-7-5(11)3(9)2(8)4(10)6(7)12/h2-12H,1H3/t2?,3-,4?,5-,6+,7?/m1/s1. The van der Waals surface area contributed by atoms with Crippen LogP contribution in [0.15, 0.2) is 0 Å². The minimum atomic E-state index is -1.56. The third kappa shape index (κ3) is 1.69. The van der Waals surface area contributed by atoms with Crippen molar-refractivity contribution >= 4 is 0 Å². The van der Waals surface area contributed by atoms with Crippen LogP contribution in [0.4, 0.5) is 0 Å². The van der Waals surface area contributed by atoms with Crippen LogP contribution in [0.5, 0.6) is 0 Å². The summed E-state index contributed by atoms with van der Waals surface area (Å²) in [6, 6.07) is 0. The predicted octanol–water partition coefficient (Wildman–Crippen LogP) is -3.18. The lowest BCUT2D eigenvalue weighted by Gasteiger charge is -2.40. The molecular weight excluding hydrogens is 180 g/mol. The molecule has 0 heterocycles. The van der Waals surface area contributed by atoms with Crippen LogP contribution in [0.1, 0.15) is 0 Å². The number of ether oxygens (including phenoxy) is 1. The summed E-state index contributed by atoms with van der Waals surface area (Å²) in [6.45, 7) is 0. The quantitative estimate of drug-likeness (QED) is 0.301. The highest BCUT2D eigenvalue weighted by Crippen LogP contribution is 2.23. The Hall–Kier alpha value is -0.240. The van der Waals surface area contributed by atoms with Gasteiger partial charge in [0.2, 0.25) is 0 Å². The molecule has 0 bridgehead atoms. The van der Waals surface area contributed by atoms with Crippen LogP contribution in [-0.4, -0.2) is 69.3 Å². The molecule has 0 aromatic heterocycles. The Morgan fingerprint density at radius 2 is 1.00 bits per heavy atom. The van der Waals surface area contributed by atoms with Crippen LogP contribution in [0.2, 0.25) is 0 Å². The molecular formula is C7H14O6. The molecule has 1 aliphatic carbocycles. The summed E-state index contributed by atoms with van der Waals surface area (Å²) in [4.78, 5) is 0. The molecule has 0 aromatic rings. The maximum Gasteiger partial charge on any atom is 0.114 e. The largest absolute Gasteiger partial charge is 0.387 e. The lowest BCUT2D eigenvalue weighted by molar-refractivity contribution is -0.229. The highest BCUT2D eigenvalue weighted by atomic mass is 16.5. The molecule has 78 valence electrons. The van der Waals surface area contributed by atoms with Crippen molar-refractivity contribution < 1.29 is 30.3 Å². The molecule has 5 N–H and O–H groups in total. The predicted molar refractivity (Wildman–Crippen MR) is 40.8 cm³/mol. The first-order valence-corrected chi connectivity index (χ1v) is 3.93. The third-order valence-corrected chi connectivity index (χ3v) is 2.35. The highest BCUT2D eigenvalue weighted by molar-refractivity contribution is 4.99. The third-order valence-electron chi connectivity index (χ3n) is 2.35. The first-order chi connectivity index (χ1) is 6.00. The number of hydrogen-bond acceptors (Lipinski definition) is 6. The smallest absolute Gasteiger partial charge is 0.114 e. The molecule has 6 nitrogen and oxygen atoms in total. The van der Waals surface area contributed by atoms with Crippen molar-refractivity contribution in [2.75, 3.05) is 7.11 Å². The van der Waals surface area contributed by atoms with Crippen molar-refractivity contribution in [3.63, 3.8) is 0 Å². The van der Waals surface area contributed by atoms with E-state index in [1.54, 1.807) is 0 Å². The van der Waals surface area contributed by atoms with Crippen LogP contribution in [0.25, 0.3) is 0 Å². The van der Waals surface area contributed by atoms with Crippen LogP contribution in [0.3, 0.4) is 0 Å². The van der Waals surface area contributed by atoms with Gasteiger partial charge in [0.25, 0.3) is 0 Å². The van der Waals surface area contributed by atoms with E-state index in [1.807, 2.05) is 0 Å². The number of hydrogen-bond donors (Lipinski definition) is 5. The van der Waals surface area contributed by atoms with Gasteiger partial charge in [-0.05, 0) is 0 Å². The summed E-state index contributed by atoms with van der Waals surface area (Å²) in [5, 5.41) is 46.1. The molecule has 0 spiro atoms. The Morgan fingerprint density at radius 3 is 1.31 bits per heavy atom. The van der Waals surface area contributed by atoms with E-state index in [0.29, 0.717) is 0 Å². The molecule has 6 heteroatoms. The van der Waals surface area contributed by atoms with Gasteiger partial charge in [-0.2, -0.15) is 0 Å². The second-order valence-corrected chi connectivity index (χ2v) is 3.15. The van der Waals surface area contributed by atoms with Gasteiger partial charge in [-0.25, -0.2) is 0 Å². The van der Waals surface area contributed by atoms with E-state index in [2.05, 4.69) is 4.74 Å². The van der Waals surface area contributed by atoms with Gasteiger partial charge in [0.1, 0.15) is 36.6 Å². The fraction of sp³-hybridized carbons (Fsp3) is 1.00. The van der Waals surface area contributed by atoms with Gasteiger partial charge in [-0.3, -0.25) is 0 Å². The number of aliphatic hydroxyl groups is 5. The van der Waals surface area contributed by atoms with E-state index in [9.17, 15) is 20.4 Å². The van der Waals surface area contributed by atoms with Gasteiger partial charge in [0.15, 0.2) is 0 Å². The van der Waals surface area contributed by atoms with E-state index in [4.69, 9.17) is 5.11 Å². The minimum Gasteiger partial charge on any atom is -0.387 e. The molecule has 1 aliphatic rings. The highest BCUT2D eigenvalue weighted by Gasteiger charge is 2.48. The summed E-state index contributed by atoms with van der Waals surface area (Å²) in [7, 11) is 1.23. The van der Waals surface area contributed by atoms with E-state index in [0.717, 1.165) is 0 Å². The van der Waals surface area contributed by atoms with Gasteiger partial charge in [-0.15, -0.1) is 0 Å². The van der Waals surface area contributed by atoms with Crippen molar-refractivity contribution in [3.05, 3.63) is 0 Å². The summed E-state index contributed by atoms with van der Waals surface area (Å²) in [5.74, 6) is 0. The zero-order valence-corrected chi connectivity index (χ0v) is 7.11. The lowest BCUT2D eigenvalue weighted by Crippen LogP contribution is -2.64. The first kappa shape index (κ1) is 10.8. The van der Waals surface area contributed by atoms with Gasteiger partial charge in [0.05, 0.1) is 0 Å². The summed E-state index contributed by atoms with van der Waals surface area (Å²) < 4.78 is 4.67. The Morgan fingerprint density at radius 1 is 0.692 bits per heavy atom. The summed E-state index contributed by atoms with van der Waals surface area (Å²) >= 11 is 0. The Kier molecular flexibility index (Phi) is 3.23. The molecule has 0 saturated heterocycles. The average molecular weight is 194 g/mol. The normalized spacial score (nSPS) is 52.2. The van der Waals surface area contributed by atoms with E-state index in [-0.39, 0.29) is 0 Å². The number of methoxy groups -OCH3 is 1. The molecule has 3 unspecified atom stereocenters. The second kappa shape index (κ2) is 3.87. The van der Waals surface area contributed by atoms with Crippen molar-refractivity contribution in [2.45, 2.75) is 36.6 Å². The lowest BCUT2D eigenvalue weighted by atomic mass is 9.85. The number of aliphatic hydroxyl groups excluding tert-OH is 5. The average Bonchev–Trinajstić information content (AvgIpc) is 2.13. The molecule has 0 radical (unpaired) electrons. The van der Waals surface area contributed by atoms with Gasteiger partial charge >= 0.3 is 0 Å². The van der Waals surface area contributed by atoms with Crippen molar-refractivity contribution in [2.24, 2.45) is 0 Å². The zero-order valence-electron chi connectivity index (χ0n) is 7.11. The second-order valence-electron chi connectivity index (χ2n) is 3.15. The molecule has 6 atom stereocenters. The fourth-order valence-electron chi connectivity index (χ4n) is 1.48. The molecule has 1 fully saturated rings. The molecule has 1 saturated carbocycles. The first-order valence-electron chi connectivity index (χ1n) is 3.93. The number of rotatable bonds is 1. The van der Waals surface area contributed by atoms with Crippen LogP contribution in [-0.2, 0) is 4.74 Å². The molecule has 0 amide bonds. The van der Waals surface area contributed by atoms with E-state index < -0.39 is 36.6 Å². The van der Waals surface area contributed by atoms with Crippen LogP contribution in [0, 0.1) is 0 Å². The Balaban J connectivity index is 2.79. The topological polar surface area (TPSA) is 110 Å². The van der Waals surface area contributed by atoms with Gasteiger partial charge < -0.3 is 30.3 Å². The van der Waals surface area contributed by atoms with Crippen molar-refractivity contribution in [1.29, 1.82) is 0 Å². The van der Waals surface area contributed by atoms with Gasteiger partial charge in [-0.1, -0.05) is 0 Å². The summed E-state index contributed by atoms with van der Waals surface area (Å²) in [6.07, 6.45) is -8.48. The molecule has 1 rings (SSSR count). The molecule has 0 aromatic carbocycles. The van der Waals surface area contributed by atoms with Gasteiger partial charge in [0, 0.05) is 7.11 Å². The van der Waals surface area contributed by atoms with Crippen LogP contribution < -0.4 is 0 Å². The Bertz CT molecular complexity index is 158. The minimum absolute atomic E-state index is 1.09.